The number of rotatable bonds is 2. The minimum atomic E-state index is 0.273. The number of halogens is 1. The van der Waals surface area contributed by atoms with Crippen molar-refractivity contribution in [1.29, 1.82) is 0 Å². The Morgan fingerprint density at radius 2 is 1.75 bits per heavy atom. The molecule has 0 bridgehead atoms. The first kappa shape index (κ1) is 11.2. The first-order valence-electron chi connectivity index (χ1n) is 4.98. The molecule has 0 heterocycles. The number of hydrogen-bond donors (Lipinski definition) is 2. The molecule has 0 spiro atoms. The molecule has 0 saturated heterocycles. The Hall–Kier alpha value is -1.32. The van der Waals surface area contributed by atoms with Crippen molar-refractivity contribution in [2.24, 2.45) is 5.73 Å². The van der Waals surface area contributed by atoms with E-state index in [9.17, 15) is 5.11 Å². The lowest BCUT2D eigenvalue weighted by atomic mass is 10.0. The molecule has 0 amide bonds. The molecule has 0 saturated carbocycles. The monoisotopic (exact) mass is 277 g/mol. The van der Waals surface area contributed by atoms with Crippen molar-refractivity contribution >= 4 is 15.9 Å². The largest absolute Gasteiger partial charge is 0.508 e. The molecule has 0 radical (unpaired) electrons. The van der Waals surface area contributed by atoms with Crippen LogP contribution in [0.25, 0.3) is 11.1 Å². The highest BCUT2D eigenvalue weighted by Crippen LogP contribution is 2.30. The van der Waals surface area contributed by atoms with Gasteiger partial charge in [0.15, 0.2) is 0 Å². The third-order valence-corrected chi connectivity index (χ3v) is 3.14. The van der Waals surface area contributed by atoms with E-state index in [1.807, 2.05) is 24.3 Å². The molecule has 2 nitrogen and oxygen atoms in total. The zero-order chi connectivity index (χ0) is 11.5. The molecule has 0 unspecified atom stereocenters. The van der Waals surface area contributed by atoms with Crippen LogP contribution in [0.15, 0.2) is 46.9 Å². The van der Waals surface area contributed by atoms with Gasteiger partial charge in [-0.1, -0.05) is 34.1 Å². The van der Waals surface area contributed by atoms with Gasteiger partial charge < -0.3 is 10.8 Å². The fraction of sp³-hybridized carbons (Fsp3) is 0.0769. The van der Waals surface area contributed by atoms with E-state index in [-0.39, 0.29) is 5.75 Å². The van der Waals surface area contributed by atoms with Crippen LogP contribution >= 0.6 is 15.9 Å². The van der Waals surface area contributed by atoms with Crippen molar-refractivity contribution in [3.63, 3.8) is 0 Å². The third kappa shape index (κ3) is 2.26. The Morgan fingerprint density at radius 1 is 1.06 bits per heavy atom. The van der Waals surface area contributed by atoms with E-state index in [1.165, 1.54) is 0 Å². The molecule has 2 aromatic carbocycles. The van der Waals surface area contributed by atoms with Gasteiger partial charge in [-0.2, -0.15) is 0 Å². The van der Waals surface area contributed by atoms with Gasteiger partial charge in [0.1, 0.15) is 5.75 Å². The molecule has 0 atom stereocenters. The van der Waals surface area contributed by atoms with Crippen molar-refractivity contribution in [3.05, 3.63) is 52.5 Å². The highest BCUT2D eigenvalue weighted by Gasteiger charge is 2.04. The summed E-state index contributed by atoms with van der Waals surface area (Å²) in [7, 11) is 0. The molecule has 3 N–H and O–H groups in total. The van der Waals surface area contributed by atoms with Crippen molar-refractivity contribution in [2.75, 3.05) is 0 Å². The zero-order valence-electron chi connectivity index (χ0n) is 8.65. The van der Waals surface area contributed by atoms with E-state index in [0.29, 0.717) is 6.54 Å². The topological polar surface area (TPSA) is 46.2 Å². The minimum Gasteiger partial charge on any atom is -0.508 e. The van der Waals surface area contributed by atoms with E-state index in [4.69, 9.17) is 5.73 Å². The fourth-order valence-corrected chi connectivity index (χ4v) is 2.04. The van der Waals surface area contributed by atoms with Crippen LogP contribution in [0, 0.1) is 0 Å². The molecule has 82 valence electrons. The highest BCUT2D eigenvalue weighted by molar-refractivity contribution is 9.10. The number of hydrogen-bond acceptors (Lipinski definition) is 2. The Kier molecular flexibility index (Phi) is 3.27. The van der Waals surface area contributed by atoms with Crippen LogP contribution in [-0.4, -0.2) is 5.11 Å². The highest BCUT2D eigenvalue weighted by atomic mass is 79.9. The second-order valence-electron chi connectivity index (χ2n) is 3.57. The standard InChI is InChI=1S/C13H12BrNO/c14-13-6-1-9(8-15)7-12(13)10-2-4-11(16)5-3-10/h1-7,16H,8,15H2. The molecule has 0 aliphatic rings. The van der Waals surface area contributed by atoms with Gasteiger partial charge in [-0.05, 0) is 41.0 Å². The molecular formula is C13H12BrNO. The summed E-state index contributed by atoms with van der Waals surface area (Å²) in [5.41, 5.74) is 8.85. The molecular weight excluding hydrogens is 266 g/mol. The van der Waals surface area contributed by atoms with Crippen LogP contribution in [0.4, 0.5) is 0 Å². The SMILES string of the molecule is NCc1ccc(Br)c(-c2ccc(O)cc2)c1. The molecule has 0 aliphatic carbocycles. The lowest BCUT2D eigenvalue weighted by Gasteiger charge is -2.07. The molecule has 16 heavy (non-hydrogen) atoms. The maximum atomic E-state index is 9.24. The minimum absolute atomic E-state index is 0.273. The van der Waals surface area contributed by atoms with E-state index in [0.717, 1.165) is 21.2 Å². The van der Waals surface area contributed by atoms with Crippen molar-refractivity contribution in [2.45, 2.75) is 6.54 Å². The van der Waals surface area contributed by atoms with Crippen molar-refractivity contribution in [3.8, 4) is 16.9 Å². The van der Waals surface area contributed by atoms with Crippen LogP contribution in [0.1, 0.15) is 5.56 Å². The number of nitrogens with two attached hydrogens (primary N) is 1. The van der Waals surface area contributed by atoms with Crippen molar-refractivity contribution < 1.29 is 5.11 Å². The van der Waals surface area contributed by atoms with Gasteiger partial charge >= 0.3 is 0 Å². The quantitative estimate of drug-likeness (QED) is 0.885. The van der Waals surface area contributed by atoms with E-state index in [1.54, 1.807) is 12.1 Å². The lowest BCUT2D eigenvalue weighted by molar-refractivity contribution is 0.475. The third-order valence-electron chi connectivity index (χ3n) is 2.44. The molecule has 0 aromatic heterocycles. The normalized spacial score (nSPS) is 10.4. The summed E-state index contributed by atoms with van der Waals surface area (Å²) in [5, 5.41) is 9.24. The van der Waals surface area contributed by atoms with Crippen molar-refractivity contribution in [1.82, 2.24) is 0 Å². The first-order chi connectivity index (χ1) is 7.70. The second-order valence-corrected chi connectivity index (χ2v) is 4.42. The number of aromatic hydroxyl groups is 1. The average Bonchev–Trinajstić information content (AvgIpc) is 2.31. The van der Waals surface area contributed by atoms with Gasteiger partial charge in [0.2, 0.25) is 0 Å². The van der Waals surface area contributed by atoms with Gasteiger partial charge in [-0.15, -0.1) is 0 Å². The van der Waals surface area contributed by atoms with E-state index >= 15 is 0 Å². The van der Waals surface area contributed by atoms with E-state index < -0.39 is 0 Å². The van der Waals surface area contributed by atoms with Crippen LogP contribution in [0.3, 0.4) is 0 Å². The van der Waals surface area contributed by atoms with Gasteiger partial charge in [0.05, 0.1) is 0 Å². The molecule has 0 fully saturated rings. The van der Waals surface area contributed by atoms with Crippen LogP contribution < -0.4 is 5.73 Å². The summed E-state index contributed by atoms with van der Waals surface area (Å²) in [6.07, 6.45) is 0. The summed E-state index contributed by atoms with van der Waals surface area (Å²) in [6, 6.07) is 13.2. The van der Waals surface area contributed by atoms with Gasteiger partial charge in [0, 0.05) is 11.0 Å². The summed E-state index contributed by atoms with van der Waals surface area (Å²) in [4.78, 5) is 0. The maximum Gasteiger partial charge on any atom is 0.115 e. The van der Waals surface area contributed by atoms with Crippen LogP contribution in [0.5, 0.6) is 5.75 Å². The number of benzene rings is 2. The summed E-state index contributed by atoms with van der Waals surface area (Å²) < 4.78 is 1.02. The second kappa shape index (κ2) is 4.68. The Morgan fingerprint density at radius 3 is 2.38 bits per heavy atom. The maximum absolute atomic E-state index is 9.24. The average molecular weight is 278 g/mol. The predicted molar refractivity (Wildman–Crippen MR) is 69.1 cm³/mol. The summed E-state index contributed by atoms with van der Waals surface area (Å²) in [5.74, 6) is 0.273. The number of phenols is 1. The predicted octanol–water partition coefficient (Wildman–Crippen LogP) is 3.28. The molecule has 2 aromatic rings. The molecule has 3 heteroatoms. The smallest absolute Gasteiger partial charge is 0.115 e. The zero-order valence-corrected chi connectivity index (χ0v) is 10.2. The Bertz CT molecular complexity index is 494. The summed E-state index contributed by atoms with van der Waals surface area (Å²) >= 11 is 3.51. The van der Waals surface area contributed by atoms with E-state index in [2.05, 4.69) is 22.0 Å². The molecule has 2 rings (SSSR count). The fourth-order valence-electron chi connectivity index (χ4n) is 1.56. The van der Waals surface area contributed by atoms with Gasteiger partial charge in [0.25, 0.3) is 0 Å². The Labute approximate surface area is 103 Å². The first-order valence-corrected chi connectivity index (χ1v) is 5.78. The number of phenolic OH excluding ortho intramolecular Hbond substituents is 1. The summed E-state index contributed by atoms with van der Waals surface area (Å²) in [6.45, 7) is 0.526. The van der Waals surface area contributed by atoms with Crippen LogP contribution in [-0.2, 0) is 6.54 Å². The lowest BCUT2D eigenvalue weighted by Crippen LogP contribution is -1.96. The van der Waals surface area contributed by atoms with Gasteiger partial charge in [-0.3, -0.25) is 0 Å². The van der Waals surface area contributed by atoms with Crippen LogP contribution in [0.2, 0.25) is 0 Å². The van der Waals surface area contributed by atoms with Gasteiger partial charge in [-0.25, -0.2) is 0 Å². The Balaban J connectivity index is 2.50. The molecule has 0 aliphatic heterocycles.